The van der Waals surface area contributed by atoms with Gasteiger partial charge in [0.1, 0.15) is 0 Å². The molecule has 3 unspecified atom stereocenters. The molecule has 66 valence electrons. The molecule has 0 aromatic heterocycles. The summed E-state index contributed by atoms with van der Waals surface area (Å²) in [5.74, 6) is 1.85. The van der Waals surface area contributed by atoms with Crippen molar-refractivity contribution in [1.29, 1.82) is 0 Å². The quantitative estimate of drug-likeness (QED) is 0.651. The van der Waals surface area contributed by atoms with Crippen LogP contribution in [0.15, 0.2) is 0 Å². The summed E-state index contributed by atoms with van der Waals surface area (Å²) in [6.07, 6.45) is 6.96. The van der Waals surface area contributed by atoms with Gasteiger partial charge in [-0.05, 0) is 25.2 Å². The maximum absolute atomic E-state index is 5.79. The van der Waals surface area contributed by atoms with Crippen molar-refractivity contribution in [2.24, 2.45) is 17.6 Å². The molecule has 11 heavy (non-hydrogen) atoms. The molecule has 1 fully saturated rings. The van der Waals surface area contributed by atoms with E-state index in [2.05, 4.69) is 13.8 Å². The first-order chi connectivity index (χ1) is 5.20. The van der Waals surface area contributed by atoms with E-state index in [9.17, 15) is 0 Å². The molecule has 1 nitrogen and oxygen atoms in total. The molecule has 1 aliphatic rings. The summed E-state index contributed by atoms with van der Waals surface area (Å²) in [6.45, 7) is 4.51. The smallest absolute Gasteiger partial charge is 0.00132 e. The SMILES string of the molecule is CC(N)CC1CCCCC1C. The second-order valence-electron chi connectivity index (χ2n) is 4.23. The summed E-state index contributed by atoms with van der Waals surface area (Å²) >= 11 is 0. The van der Waals surface area contributed by atoms with Crippen LogP contribution in [0.1, 0.15) is 46.0 Å². The second kappa shape index (κ2) is 4.10. The van der Waals surface area contributed by atoms with Crippen molar-refractivity contribution >= 4 is 0 Å². The monoisotopic (exact) mass is 155 g/mol. The van der Waals surface area contributed by atoms with Crippen molar-refractivity contribution in [2.45, 2.75) is 52.0 Å². The Balaban J connectivity index is 2.29. The van der Waals surface area contributed by atoms with Crippen molar-refractivity contribution in [3.63, 3.8) is 0 Å². The first kappa shape index (κ1) is 9.05. The lowest BCUT2D eigenvalue weighted by Crippen LogP contribution is -2.25. The summed E-state index contributed by atoms with van der Waals surface area (Å²) < 4.78 is 0. The van der Waals surface area contributed by atoms with Gasteiger partial charge in [-0.15, -0.1) is 0 Å². The van der Waals surface area contributed by atoms with E-state index in [1.54, 1.807) is 0 Å². The van der Waals surface area contributed by atoms with Crippen LogP contribution in [0.3, 0.4) is 0 Å². The van der Waals surface area contributed by atoms with E-state index in [4.69, 9.17) is 5.73 Å². The first-order valence-electron chi connectivity index (χ1n) is 4.95. The zero-order valence-electron chi connectivity index (χ0n) is 7.84. The van der Waals surface area contributed by atoms with Gasteiger partial charge in [-0.3, -0.25) is 0 Å². The molecular weight excluding hydrogens is 134 g/mol. The van der Waals surface area contributed by atoms with E-state index in [-0.39, 0.29) is 0 Å². The third-order valence-electron chi connectivity index (χ3n) is 2.96. The molecule has 2 N–H and O–H groups in total. The van der Waals surface area contributed by atoms with E-state index in [1.807, 2.05) is 0 Å². The predicted molar refractivity (Wildman–Crippen MR) is 49.4 cm³/mol. The van der Waals surface area contributed by atoms with Gasteiger partial charge in [-0.2, -0.15) is 0 Å². The largest absolute Gasteiger partial charge is 0.328 e. The van der Waals surface area contributed by atoms with Gasteiger partial charge in [0.25, 0.3) is 0 Å². The Morgan fingerprint density at radius 2 is 2.00 bits per heavy atom. The molecule has 0 aliphatic heterocycles. The predicted octanol–water partition coefficient (Wildman–Crippen LogP) is 2.55. The number of nitrogens with two attached hydrogens (primary N) is 1. The minimum absolute atomic E-state index is 0.403. The summed E-state index contributed by atoms with van der Waals surface area (Å²) in [7, 11) is 0. The molecule has 0 heterocycles. The molecule has 0 radical (unpaired) electrons. The highest BCUT2D eigenvalue weighted by molar-refractivity contribution is 4.74. The lowest BCUT2D eigenvalue weighted by molar-refractivity contribution is 0.232. The van der Waals surface area contributed by atoms with E-state index < -0.39 is 0 Å². The van der Waals surface area contributed by atoms with Gasteiger partial charge in [0.15, 0.2) is 0 Å². The third-order valence-corrected chi connectivity index (χ3v) is 2.96. The molecule has 3 atom stereocenters. The highest BCUT2D eigenvalue weighted by atomic mass is 14.6. The number of rotatable bonds is 2. The van der Waals surface area contributed by atoms with Crippen LogP contribution in [-0.4, -0.2) is 6.04 Å². The van der Waals surface area contributed by atoms with Crippen molar-refractivity contribution in [3.8, 4) is 0 Å². The molecule has 1 aliphatic carbocycles. The van der Waals surface area contributed by atoms with Gasteiger partial charge in [0, 0.05) is 6.04 Å². The fourth-order valence-electron chi connectivity index (χ4n) is 2.22. The van der Waals surface area contributed by atoms with Gasteiger partial charge in [-0.25, -0.2) is 0 Å². The van der Waals surface area contributed by atoms with Crippen LogP contribution in [-0.2, 0) is 0 Å². The summed E-state index contributed by atoms with van der Waals surface area (Å²) in [4.78, 5) is 0. The van der Waals surface area contributed by atoms with Crippen LogP contribution in [0.2, 0.25) is 0 Å². The molecule has 0 aromatic carbocycles. The highest BCUT2D eigenvalue weighted by Gasteiger charge is 2.21. The minimum Gasteiger partial charge on any atom is -0.328 e. The number of hydrogen-bond acceptors (Lipinski definition) is 1. The Kier molecular flexibility index (Phi) is 3.38. The van der Waals surface area contributed by atoms with Crippen molar-refractivity contribution < 1.29 is 0 Å². The summed E-state index contributed by atoms with van der Waals surface area (Å²) in [5, 5.41) is 0. The minimum atomic E-state index is 0.403. The van der Waals surface area contributed by atoms with Gasteiger partial charge in [0.2, 0.25) is 0 Å². The fraction of sp³-hybridized carbons (Fsp3) is 1.00. The summed E-state index contributed by atoms with van der Waals surface area (Å²) in [5.41, 5.74) is 5.79. The van der Waals surface area contributed by atoms with Crippen molar-refractivity contribution in [1.82, 2.24) is 0 Å². The van der Waals surface area contributed by atoms with Gasteiger partial charge < -0.3 is 5.73 Å². The molecule has 0 spiro atoms. The lowest BCUT2D eigenvalue weighted by Gasteiger charge is -2.29. The van der Waals surface area contributed by atoms with E-state index in [0.29, 0.717) is 6.04 Å². The molecule has 0 bridgehead atoms. The Hall–Kier alpha value is -0.0400. The highest BCUT2D eigenvalue weighted by Crippen LogP contribution is 2.32. The van der Waals surface area contributed by atoms with Crippen molar-refractivity contribution in [2.75, 3.05) is 0 Å². The van der Waals surface area contributed by atoms with Crippen LogP contribution < -0.4 is 5.73 Å². The zero-order chi connectivity index (χ0) is 8.27. The third kappa shape index (κ3) is 2.82. The Labute approximate surface area is 70.4 Å². The molecule has 0 amide bonds. The average molecular weight is 155 g/mol. The Morgan fingerprint density at radius 3 is 2.55 bits per heavy atom. The lowest BCUT2D eigenvalue weighted by atomic mass is 9.77. The standard InChI is InChI=1S/C10H21N/c1-8-5-3-4-6-10(8)7-9(2)11/h8-10H,3-7,11H2,1-2H3. The molecule has 1 heteroatoms. The normalized spacial score (nSPS) is 35.2. The topological polar surface area (TPSA) is 26.0 Å². The van der Waals surface area contributed by atoms with Crippen LogP contribution in [0.5, 0.6) is 0 Å². The zero-order valence-corrected chi connectivity index (χ0v) is 7.84. The summed E-state index contributed by atoms with van der Waals surface area (Å²) in [6, 6.07) is 0.403. The van der Waals surface area contributed by atoms with Gasteiger partial charge >= 0.3 is 0 Å². The van der Waals surface area contributed by atoms with E-state index in [0.717, 1.165) is 11.8 Å². The molecule has 1 rings (SSSR count). The molecular formula is C10H21N. The van der Waals surface area contributed by atoms with Gasteiger partial charge in [0.05, 0.1) is 0 Å². The van der Waals surface area contributed by atoms with Crippen LogP contribution in [0.4, 0.5) is 0 Å². The Morgan fingerprint density at radius 1 is 1.36 bits per heavy atom. The second-order valence-corrected chi connectivity index (χ2v) is 4.23. The van der Waals surface area contributed by atoms with Crippen molar-refractivity contribution in [3.05, 3.63) is 0 Å². The first-order valence-corrected chi connectivity index (χ1v) is 4.95. The van der Waals surface area contributed by atoms with Crippen LogP contribution in [0.25, 0.3) is 0 Å². The van der Waals surface area contributed by atoms with E-state index in [1.165, 1.54) is 32.1 Å². The van der Waals surface area contributed by atoms with Crippen LogP contribution in [0, 0.1) is 11.8 Å². The van der Waals surface area contributed by atoms with Gasteiger partial charge in [-0.1, -0.05) is 32.6 Å². The molecule has 1 saturated carbocycles. The maximum atomic E-state index is 5.79. The molecule has 0 aromatic rings. The molecule has 0 saturated heterocycles. The average Bonchev–Trinajstić information content (AvgIpc) is 1.93. The fourth-order valence-corrected chi connectivity index (χ4v) is 2.22. The van der Waals surface area contributed by atoms with Crippen LogP contribution >= 0.6 is 0 Å². The number of hydrogen-bond donors (Lipinski definition) is 1. The van der Waals surface area contributed by atoms with E-state index >= 15 is 0 Å². The Bertz CT molecular complexity index is 109. The maximum Gasteiger partial charge on any atom is 0.00132 e.